The molecule has 0 aliphatic carbocycles. The van der Waals surface area contributed by atoms with E-state index in [1.54, 1.807) is 27.0 Å². The van der Waals surface area contributed by atoms with E-state index in [0.29, 0.717) is 24.3 Å². The minimum absolute atomic E-state index is 0.337. The Labute approximate surface area is 82.5 Å². The Bertz CT molecular complexity index is 366. The molecule has 1 rings (SSSR count). The van der Waals surface area contributed by atoms with Crippen LogP contribution in [0.1, 0.15) is 28.5 Å². The molecule has 1 heterocycles. The van der Waals surface area contributed by atoms with Crippen LogP contribution in [0.25, 0.3) is 0 Å². The number of carbonyl (C=O) groups excluding carboxylic acids is 2. The van der Waals surface area contributed by atoms with Crippen LogP contribution >= 0.6 is 0 Å². The average molecular weight is 195 g/mol. The number of hydrogen-bond acceptors (Lipinski definition) is 3. The summed E-state index contributed by atoms with van der Waals surface area (Å²) in [5.41, 5.74) is 1.86. The molecule has 0 amide bonds. The molecule has 0 saturated heterocycles. The van der Waals surface area contributed by atoms with Gasteiger partial charge in [-0.2, -0.15) is 0 Å². The van der Waals surface area contributed by atoms with Gasteiger partial charge >= 0.3 is 5.97 Å². The highest BCUT2D eigenvalue weighted by Crippen LogP contribution is 2.15. The molecule has 0 N–H and O–H groups in total. The summed E-state index contributed by atoms with van der Waals surface area (Å²) < 4.78 is 6.26. The number of rotatable bonds is 3. The summed E-state index contributed by atoms with van der Waals surface area (Å²) in [6, 6.07) is 0. The second-order valence-electron chi connectivity index (χ2n) is 3.01. The van der Waals surface area contributed by atoms with Crippen molar-refractivity contribution in [2.75, 3.05) is 6.61 Å². The maximum atomic E-state index is 11.5. The van der Waals surface area contributed by atoms with Crippen LogP contribution in [0, 0.1) is 13.8 Å². The van der Waals surface area contributed by atoms with Gasteiger partial charge in [-0.15, -0.1) is 0 Å². The lowest BCUT2D eigenvalue weighted by molar-refractivity contribution is 0.0525. The maximum absolute atomic E-state index is 11.5. The Morgan fingerprint density at radius 3 is 2.64 bits per heavy atom. The lowest BCUT2D eigenvalue weighted by Crippen LogP contribution is -2.07. The molecule has 1 aromatic heterocycles. The van der Waals surface area contributed by atoms with Gasteiger partial charge < -0.3 is 4.74 Å². The lowest BCUT2D eigenvalue weighted by Gasteiger charge is -2.02. The summed E-state index contributed by atoms with van der Waals surface area (Å²) in [7, 11) is 0. The average Bonchev–Trinajstić information content (AvgIpc) is 2.41. The molecule has 0 saturated carbocycles. The molecule has 0 fully saturated rings. The van der Waals surface area contributed by atoms with Crippen molar-refractivity contribution < 1.29 is 14.3 Å². The highest BCUT2D eigenvalue weighted by molar-refractivity contribution is 5.93. The molecule has 0 bridgehead atoms. The highest BCUT2D eigenvalue weighted by Gasteiger charge is 2.17. The molecule has 0 aliphatic rings. The van der Waals surface area contributed by atoms with Crippen molar-refractivity contribution in [2.24, 2.45) is 0 Å². The van der Waals surface area contributed by atoms with Crippen LogP contribution in [-0.2, 0) is 9.53 Å². The van der Waals surface area contributed by atoms with Gasteiger partial charge in [0.1, 0.15) is 0 Å². The first-order valence-electron chi connectivity index (χ1n) is 4.42. The minimum Gasteiger partial charge on any atom is -0.462 e. The normalized spacial score (nSPS) is 9.93. The van der Waals surface area contributed by atoms with E-state index in [0.717, 1.165) is 5.56 Å². The van der Waals surface area contributed by atoms with Gasteiger partial charge in [0.25, 0.3) is 0 Å². The van der Waals surface area contributed by atoms with Crippen molar-refractivity contribution in [3.8, 4) is 0 Å². The molecule has 4 nitrogen and oxygen atoms in total. The third kappa shape index (κ3) is 1.69. The third-order valence-corrected chi connectivity index (χ3v) is 2.07. The zero-order chi connectivity index (χ0) is 10.7. The third-order valence-electron chi connectivity index (χ3n) is 2.07. The van der Waals surface area contributed by atoms with E-state index in [-0.39, 0.29) is 5.97 Å². The largest absolute Gasteiger partial charge is 0.462 e. The van der Waals surface area contributed by atoms with Crippen LogP contribution in [0.3, 0.4) is 0 Å². The van der Waals surface area contributed by atoms with Crippen LogP contribution < -0.4 is 0 Å². The molecule has 0 aromatic carbocycles. The maximum Gasteiger partial charge on any atom is 0.340 e. The number of hydrogen-bond donors (Lipinski definition) is 0. The summed E-state index contributed by atoms with van der Waals surface area (Å²) in [5, 5.41) is 0. The number of nitrogens with zero attached hydrogens (tertiary/aromatic N) is 1. The summed E-state index contributed by atoms with van der Waals surface area (Å²) >= 11 is 0. The summed E-state index contributed by atoms with van der Waals surface area (Å²) in [5.74, 6) is -0.372. The predicted molar refractivity (Wildman–Crippen MR) is 52.0 cm³/mol. The van der Waals surface area contributed by atoms with Gasteiger partial charge in [0.05, 0.1) is 12.2 Å². The van der Waals surface area contributed by atoms with Gasteiger partial charge in [-0.05, 0) is 26.3 Å². The molecule has 0 atom stereocenters. The fourth-order valence-electron chi connectivity index (χ4n) is 1.41. The molecular formula is C10H13NO3. The van der Waals surface area contributed by atoms with Gasteiger partial charge in [0.2, 0.25) is 6.41 Å². The number of esters is 1. The number of aryl methyl sites for hydroxylation is 1. The first-order valence-corrected chi connectivity index (χ1v) is 4.42. The van der Waals surface area contributed by atoms with E-state index in [2.05, 4.69) is 0 Å². The van der Waals surface area contributed by atoms with Crippen LogP contribution in [0.4, 0.5) is 0 Å². The molecule has 0 radical (unpaired) electrons. The Balaban J connectivity index is 3.13. The Morgan fingerprint density at radius 2 is 2.21 bits per heavy atom. The predicted octanol–water partition coefficient (Wildman–Crippen LogP) is 1.32. The number of aromatic nitrogens is 1. The van der Waals surface area contributed by atoms with Crippen molar-refractivity contribution in [3.63, 3.8) is 0 Å². The van der Waals surface area contributed by atoms with E-state index >= 15 is 0 Å². The molecule has 4 heteroatoms. The second-order valence-corrected chi connectivity index (χ2v) is 3.01. The van der Waals surface area contributed by atoms with E-state index in [1.807, 2.05) is 0 Å². The molecule has 1 aromatic rings. The lowest BCUT2D eigenvalue weighted by atomic mass is 10.2. The topological polar surface area (TPSA) is 48.3 Å². The first kappa shape index (κ1) is 10.5. The minimum atomic E-state index is -0.372. The van der Waals surface area contributed by atoms with Gasteiger partial charge in [-0.3, -0.25) is 9.36 Å². The van der Waals surface area contributed by atoms with Crippen LogP contribution in [0.5, 0.6) is 0 Å². The Morgan fingerprint density at radius 1 is 1.57 bits per heavy atom. The van der Waals surface area contributed by atoms with Crippen LogP contribution in [-0.4, -0.2) is 23.6 Å². The van der Waals surface area contributed by atoms with Gasteiger partial charge in [-0.1, -0.05) is 0 Å². The standard InChI is InChI=1S/C10H13NO3/c1-4-14-10(13)9-7(2)5-11(6-12)8(9)3/h5-6H,4H2,1-3H3. The highest BCUT2D eigenvalue weighted by atomic mass is 16.5. The van der Waals surface area contributed by atoms with E-state index in [1.165, 1.54) is 4.57 Å². The molecule has 0 aliphatic heterocycles. The monoisotopic (exact) mass is 195 g/mol. The SMILES string of the molecule is CCOC(=O)c1c(C)cn(C=O)c1C. The summed E-state index contributed by atoms with van der Waals surface area (Å²) in [6.07, 6.45) is 2.29. The summed E-state index contributed by atoms with van der Waals surface area (Å²) in [6.45, 7) is 5.58. The second kappa shape index (κ2) is 4.09. The van der Waals surface area contributed by atoms with E-state index in [9.17, 15) is 9.59 Å². The smallest absolute Gasteiger partial charge is 0.340 e. The first-order chi connectivity index (χ1) is 6.61. The fraction of sp³-hybridized carbons (Fsp3) is 0.400. The molecule has 0 spiro atoms. The van der Waals surface area contributed by atoms with Gasteiger partial charge in [-0.25, -0.2) is 4.79 Å². The molecule has 0 unspecified atom stereocenters. The Kier molecular flexibility index (Phi) is 3.06. The van der Waals surface area contributed by atoms with Crippen molar-refractivity contribution in [1.29, 1.82) is 0 Å². The number of carbonyl (C=O) groups is 2. The van der Waals surface area contributed by atoms with Crippen molar-refractivity contribution in [1.82, 2.24) is 4.57 Å². The van der Waals surface area contributed by atoms with Crippen molar-refractivity contribution >= 4 is 12.4 Å². The van der Waals surface area contributed by atoms with Crippen LogP contribution in [0.2, 0.25) is 0 Å². The number of ether oxygens (including phenoxy) is 1. The van der Waals surface area contributed by atoms with E-state index < -0.39 is 0 Å². The Hall–Kier alpha value is -1.58. The zero-order valence-electron chi connectivity index (χ0n) is 8.53. The molecule has 14 heavy (non-hydrogen) atoms. The molecule has 76 valence electrons. The zero-order valence-corrected chi connectivity index (χ0v) is 8.53. The quantitative estimate of drug-likeness (QED) is 0.540. The summed E-state index contributed by atoms with van der Waals surface area (Å²) in [4.78, 5) is 22.0. The van der Waals surface area contributed by atoms with Crippen molar-refractivity contribution in [2.45, 2.75) is 20.8 Å². The van der Waals surface area contributed by atoms with Crippen LogP contribution in [0.15, 0.2) is 6.20 Å². The van der Waals surface area contributed by atoms with Gasteiger partial charge in [0, 0.05) is 11.9 Å². The van der Waals surface area contributed by atoms with E-state index in [4.69, 9.17) is 4.74 Å². The van der Waals surface area contributed by atoms with Crippen molar-refractivity contribution in [3.05, 3.63) is 23.0 Å². The van der Waals surface area contributed by atoms with Gasteiger partial charge in [0.15, 0.2) is 0 Å². The fourth-order valence-corrected chi connectivity index (χ4v) is 1.41. The molecular weight excluding hydrogens is 182 g/mol.